The van der Waals surface area contributed by atoms with Crippen molar-refractivity contribution in [3.05, 3.63) is 29.5 Å². The quantitative estimate of drug-likeness (QED) is 0.353. The molecule has 1 aromatic carbocycles. The van der Waals surface area contributed by atoms with Crippen molar-refractivity contribution in [1.82, 2.24) is 4.90 Å². The van der Waals surface area contributed by atoms with Gasteiger partial charge in [-0.05, 0) is 0 Å². The standard InChI is InChI=1S/C19H19F7N2O6/c1-32-16(31)13-7-28(2-3-29)15(30)14(13)27-10-4-11(33-8-18(22,23)17(20)21)6-12(5-10)34-9-19(24,25)26/h4-6,17,27,29H,2-3,7-9H2,1H3. The van der Waals surface area contributed by atoms with Gasteiger partial charge >= 0.3 is 24.5 Å². The number of nitrogens with one attached hydrogen (secondary N) is 1. The highest BCUT2D eigenvalue weighted by Gasteiger charge is 2.42. The van der Waals surface area contributed by atoms with Gasteiger partial charge in [-0.15, -0.1) is 0 Å². The predicted octanol–water partition coefficient (Wildman–Crippen LogP) is 2.58. The lowest BCUT2D eigenvalue weighted by Crippen LogP contribution is -2.33. The van der Waals surface area contributed by atoms with Crippen LogP contribution in [0.3, 0.4) is 0 Å². The van der Waals surface area contributed by atoms with Crippen LogP contribution < -0.4 is 14.8 Å². The number of alkyl halides is 7. The van der Waals surface area contributed by atoms with Gasteiger partial charge in [-0.1, -0.05) is 0 Å². The smallest absolute Gasteiger partial charge is 0.422 e. The van der Waals surface area contributed by atoms with Crippen molar-refractivity contribution in [1.29, 1.82) is 0 Å². The number of aliphatic hydroxyl groups is 1. The molecule has 15 heteroatoms. The molecule has 0 atom stereocenters. The minimum Gasteiger partial charge on any atom is -0.487 e. The second-order valence-corrected chi connectivity index (χ2v) is 6.87. The number of carbonyl (C=O) groups is 2. The number of ether oxygens (including phenoxy) is 3. The van der Waals surface area contributed by atoms with Gasteiger partial charge in [-0.3, -0.25) is 4.79 Å². The normalized spacial score (nSPS) is 14.6. The van der Waals surface area contributed by atoms with Crippen molar-refractivity contribution in [2.75, 3.05) is 45.3 Å². The molecule has 0 fully saturated rings. The highest BCUT2D eigenvalue weighted by atomic mass is 19.4. The predicted molar refractivity (Wildman–Crippen MR) is 101 cm³/mol. The van der Waals surface area contributed by atoms with Crippen LogP contribution in [-0.4, -0.2) is 80.4 Å². The summed E-state index contributed by atoms with van der Waals surface area (Å²) in [5, 5.41) is 11.5. The summed E-state index contributed by atoms with van der Waals surface area (Å²) in [7, 11) is 1.03. The molecule has 0 bridgehead atoms. The molecule has 0 saturated carbocycles. The van der Waals surface area contributed by atoms with E-state index in [0.29, 0.717) is 0 Å². The van der Waals surface area contributed by atoms with E-state index in [1.807, 2.05) is 0 Å². The fraction of sp³-hybridized carbons (Fsp3) is 0.474. The average Bonchev–Trinajstić information content (AvgIpc) is 3.05. The first kappa shape index (κ1) is 27.0. The molecule has 34 heavy (non-hydrogen) atoms. The van der Waals surface area contributed by atoms with Crippen LogP contribution in [0.15, 0.2) is 29.5 Å². The van der Waals surface area contributed by atoms with Crippen molar-refractivity contribution in [2.24, 2.45) is 0 Å². The maximum absolute atomic E-state index is 13.2. The van der Waals surface area contributed by atoms with Gasteiger partial charge in [0, 0.05) is 30.4 Å². The molecule has 2 rings (SSSR count). The fourth-order valence-electron chi connectivity index (χ4n) is 2.71. The van der Waals surface area contributed by atoms with E-state index in [1.165, 1.54) is 0 Å². The van der Waals surface area contributed by atoms with Crippen molar-refractivity contribution in [3.63, 3.8) is 0 Å². The van der Waals surface area contributed by atoms with Crippen LogP contribution in [0.5, 0.6) is 11.5 Å². The van der Waals surface area contributed by atoms with Gasteiger partial charge < -0.3 is 29.5 Å². The SMILES string of the molecule is COC(=O)C1=C(Nc2cc(OCC(F)(F)F)cc(OCC(F)(F)C(F)F)c2)C(=O)N(CCO)C1. The average molecular weight is 504 g/mol. The van der Waals surface area contributed by atoms with Crippen molar-refractivity contribution < 1.29 is 59.6 Å². The molecule has 0 aromatic heterocycles. The highest BCUT2D eigenvalue weighted by molar-refractivity contribution is 6.08. The molecule has 8 nitrogen and oxygen atoms in total. The second-order valence-electron chi connectivity index (χ2n) is 6.87. The first-order chi connectivity index (χ1) is 15.8. The lowest BCUT2D eigenvalue weighted by Gasteiger charge is -2.18. The molecule has 1 aliphatic rings. The second kappa shape index (κ2) is 10.8. The molecule has 1 heterocycles. The molecule has 1 aliphatic heterocycles. The molecule has 0 radical (unpaired) electrons. The molecule has 2 N–H and O–H groups in total. The third-order valence-electron chi connectivity index (χ3n) is 4.26. The Bertz CT molecular complexity index is 936. The van der Waals surface area contributed by atoms with Crippen LogP contribution in [0, 0.1) is 0 Å². The van der Waals surface area contributed by atoms with Crippen molar-refractivity contribution in [2.45, 2.75) is 18.5 Å². The van der Waals surface area contributed by atoms with E-state index in [4.69, 9.17) is 5.11 Å². The zero-order chi connectivity index (χ0) is 25.7. The van der Waals surface area contributed by atoms with Crippen molar-refractivity contribution in [3.8, 4) is 11.5 Å². The summed E-state index contributed by atoms with van der Waals surface area (Å²) >= 11 is 0. The van der Waals surface area contributed by atoms with Gasteiger partial charge in [0.1, 0.15) is 17.2 Å². The Hall–Kier alpha value is -3.23. The lowest BCUT2D eigenvalue weighted by atomic mass is 10.2. The molecule has 190 valence electrons. The van der Waals surface area contributed by atoms with Crippen molar-refractivity contribution >= 4 is 17.6 Å². The molecular formula is C19H19F7N2O6. The van der Waals surface area contributed by atoms with E-state index in [0.717, 1.165) is 30.2 Å². The molecule has 1 aromatic rings. The third-order valence-corrected chi connectivity index (χ3v) is 4.26. The molecule has 1 amide bonds. The number of benzene rings is 1. The minimum absolute atomic E-state index is 0.156. The summed E-state index contributed by atoms with van der Waals surface area (Å²) in [6, 6.07) is 2.61. The third kappa shape index (κ3) is 7.13. The number of methoxy groups -OCH3 is 1. The van der Waals surface area contributed by atoms with Gasteiger partial charge in [0.15, 0.2) is 13.2 Å². The van der Waals surface area contributed by atoms with Crippen LogP contribution in [-0.2, 0) is 14.3 Å². The number of aliphatic hydroxyl groups excluding tert-OH is 1. The van der Waals surface area contributed by atoms with E-state index in [2.05, 4.69) is 19.5 Å². The zero-order valence-corrected chi connectivity index (χ0v) is 17.4. The van der Waals surface area contributed by atoms with Gasteiger partial charge in [0.05, 0.1) is 25.8 Å². The number of amides is 1. The summed E-state index contributed by atoms with van der Waals surface area (Å²) in [6.07, 6.45) is -8.82. The van der Waals surface area contributed by atoms with E-state index in [9.17, 15) is 40.3 Å². The monoisotopic (exact) mass is 504 g/mol. The molecule has 0 saturated heterocycles. The van der Waals surface area contributed by atoms with E-state index < -0.39 is 61.7 Å². The first-order valence-electron chi connectivity index (χ1n) is 9.39. The number of halogens is 7. The van der Waals surface area contributed by atoms with Gasteiger partial charge in [-0.2, -0.15) is 22.0 Å². The maximum atomic E-state index is 13.2. The topological polar surface area (TPSA) is 97.3 Å². The van der Waals surface area contributed by atoms with Crippen LogP contribution in [0.2, 0.25) is 0 Å². The minimum atomic E-state index is -4.76. The highest BCUT2D eigenvalue weighted by Crippen LogP contribution is 2.32. The largest absolute Gasteiger partial charge is 0.487 e. The summed E-state index contributed by atoms with van der Waals surface area (Å²) < 4.78 is 103. The Morgan fingerprint density at radius 2 is 1.71 bits per heavy atom. The molecular weight excluding hydrogens is 485 g/mol. The van der Waals surface area contributed by atoms with Crippen LogP contribution in [0.25, 0.3) is 0 Å². The van der Waals surface area contributed by atoms with Gasteiger partial charge in [0.25, 0.3) is 5.91 Å². The Morgan fingerprint density at radius 3 is 2.21 bits per heavy atom. The first-order valence-corrected chi connectivity index (χ1v) is 9.39. The summed E-state index contributed by atoms with van der Waals surface area (Å²) in [4.78, 5) is 25.7. The fourth-order valence-corrected chi connectivity index (χ4v) is 2.71. The van der Waals surface area contributed by atoms with Gasteiger partial charge in [0.2, 0.25) is 0 Å². The van der Waals surface area contributed by atoms with E-state index in [1.54, 1.807) is 0 Å². The maximum Gasteiger partial charge on any atom is 0.422 e. The molecule has 0 spiro atoms. The Morgan fingerprint density at radius 1 is 1.12 bits per heavy atom. The number of anilines is 1. The number of hydrogen-bond acceptors (Lipinski definition) is 7. The number of carbonyl (C=O) groups excluding carboxylic acids is 2. The lowest BCUT2D eigenvalue weighted by molar-refractivity contribution is -0.153. The summed E-state index contributed by atoms with van der Waals surface area (Å²) in [5.41, 5.74) is -0.794. The van der Waals surface area contributed by atoms with Crippen LogP contribution in [0.4, 0.5) is 36.4 Å². The number of esters is 1. The Balaban J connectivity index is 2.39. The van der Waals surface area contributed by atoms with Crippen LogP contribution in [0.1, 0.15) is 0 Å². The van der Waals surface area contributed by atoms with Crippen LogP contribution >= 0.6 is 0 Å². The number of rotatable bonds is 11. The Kier molecular flexibility index (Phi) is 8.58. The number of nitrogens with zero attached hydrogens (tertiary/aromatic N) is 1. The number of β-amino-alcohol motifs (C(OH)–C–C–N with tert-alkyl or cyclic N) is 1. The van der Waals surface area contributed by atoms with E-state index >= 15 is 0 Å². The van der Waals surface area contributed by atoms with Gasteiger partial charge in [-0.25, -0.2) is 13.6 Å². The zero-order valence-electron chi connectivity index (χ0n) is 17.4. The molecule has 0 unspecified atom stereocenters. The molecule has 0 aliphatic carbocycles. The summed E-state index contributed by atoms with van der Waals surface area (Å²) in [5.74, 6) is -7.39. The number of hydrogen-bond donors (Lipinski definition) is 2. The van der Waals surface area contributed by atoms with E-state index in [-0.39, 0.29) is 30.0 Å². The Labute approximate surface area is 187 Å². The summed E-state index contributed by atoms with van der Waals surface area (Å²) in [6.45, 7) is -4.43.